The first-order valence-corrected chi connectivity index (χ1v) is 6.85. The summed E-state index contributed by atoms with van der Waals surface area (Å²) in [6.45, 7) is 3.56. The Bertz CT molecular complexity index is 266. The van der Waals surface area contributed by atoms with E-state index in [-0.39, 0.29) is 0 Å². The van der Waals surface area contributed by atoms with Gasteiger partial charge in [-0.15, -0.1) is 11.6 Å². The maximum Gasteiger partial charge on any atom is 0.0601 e. The van der Waals surface area contributed by atoms with Crippen LogP contribution in [0.25, 0.3) is 0 Å². The fourth-order valence-corrected chi connectivity index (χ4v) is 1.75. The predicted molar refractivity (Wildman–Crippen MR) is 73.8 cm³/mol. The first kappa shape index (κ1) is 14.5. The molecule has 0 heterocycles. The largest absolute Gasteiger partial charge is 0.380 e. The highest BCUT2D eigenvalue weighted by atomic mass is 35.5. The molecule has 1 aromatic carbocycles. The van der Waals surface area contributed by atoms with Crippen LogP contribution in [0.1, 0.15) is 18.4 Å². The van der Waals surface area contributed by atoms with Crippen LogP contribution in [0.2, 0.25) is 0 Å². The van der Waals surface area contributed by atoms with E-state index in [4.69, 9.17) is 16.3 Å². The number of ether oxygens (including phenoxy) is 1. The number of benzene rings is 1. The van der Waals surface area contributed by atoms with Gasteiger partial charge in [-0.2, -0.15) is 0 Å². The lowest BCUT2D eigenvalue weighted by atomic mass is 10.1. The van der Waals surface area contributed by atoms with Crippen LogP contribution < -0.4 is 5.32 Å². The third kappa shape index (κ3) is 8.19. The molecule has 0 unspecified atom stereocenters. The summed E-state index contributed by atoms with van der Waals surface area (Å²) in [6, 6.07) is 10.6. The van der Waals surface area contributed by atoms with Crippen LogP contribution in [-0.2, 0) is 11.2 Å². The van der Waals surface area contributed by atoms with Gasteiger partial charge in [0.15, 0.2) is 0 Å². The van der Waals surface area contributed by atoms with E-state index in [0.717, 1.165) is 32.5 Å². The fraction of sp³-hybridized carbons (Fsp3) is 0.571. The molecule has 0 aliphatic rings. The Morgan fingerprint density at radius 2 is 1.76 bits per heavy atom. The number of nitrogens with one attached hydrogen (secondary N) is 1. The average molecular weight is 256 g/mol. The molecule has 0 atom stereocenters. The van der Waals surface area contributed by atoms with Gasteiger partial charge in [0.25, 0.3) is 0 Å². The lowest BCUT2D eigenvalue weighted by molar-refractivity contribution is 0.146. The highest BCUT2D eigenvalue weighted by Gasteiger charge is 1.92. The van der Waals surface area contributed by atoms with E-state index in [1.165, 1.54) is 12.0 Å². The molecule has 0 saturated heterocycles. The third-order valence-corrected chi connectivity index (χ3v) is 2.68. The summed E-state index contributed by atoms with van der Waals surface area (Å²) in [5, 5.41) is 3.42. The molecule has 3 heteroatoms. The smallest absolute Gasteiger partial charge is 0.0601 e. The van der Waals surface area contributed by atoms with E-state index in [1.807, 2.05) is 0 Å². The summed E-state index contributed by atoms with van der Waals surface area (Å²) in [6.07, 6.45) is 3.39. The molecule has 2 nitrogen and oxygen atoms in total. The summed E-state index contributed by atoms with van der Waals surface area (Å²) < 4.78 is 5.29. The van der Waals surface area contributed by atoms with Gasteiger partial charge in [0.05, 0.1) is 6.61 Å². The molecule has 0 bridgehead atoms. The van der Waals surface area contributed by atoms with Gasteiger partial charge in [-0.3, -0.25) is 0 Å². The van der Waals surface area contributed by atoms with E-state index in [9.17, 15) is 0 Å². The maximum atomic E-state index is 5.50. The molecular weight excluding hydrogens is 234 g/mol. The first-order valence-electron chi connectivity index (χ1n) is 6.32. The van der Waals surface area contributed by atoms with Crippen LogP contribution in [-0.4, -0.2) is 32.2 Å². The monoisotopic (exact) mass is 255 g/mol. The zero-order chi connectivity index (χ0) is 12.2. The Balaban J connectivity index is 1.85. The van der Waals surface area contributed by atoms with Crippen LogP contribution in [0, 0.1) is 0 Å². The summed E-state index contributed by atoms with van der Waals surface area (Å²) in [4.78, 5) is 0. The van der Waals surface area contributed by atoms with E-state index in [2.05, 4.69) is 35.6 Å². The number of alkyl halides is 1. The van der Waals surface area contributed by atoms with Gasteiger partial charge < -0.3 is 10.1 Å². The third-order valence-electron chi connectivity index (χ3n) is 2.53. The van der Waals surface area contributed by atoms with Crippen LogP contribution >= 0.6 is 11.6 Å². The molecule has 96 valence electrons. The SMILES string of the molecule is ClCCOCCCNCCCc1ccccc1. The molecule has 0 aliphatic carbocycles. The minimum Gasteiger partial charge on any atom is -0.380 e. The Hall–Kier alpha value is -0.570. The topological polar surface area (TPSA) is 21.3 Å². The lowest BCUT2D eigenvalue weighted by Crippen LogP contribution is -2.18. The minimum absolute atomic E-state index is 0.588. The number of rotatable bonds is 10. The summed E-state index contributed by atoms with van der Waals surface area (Å²) in [7, 11) is 0. The Morgan fingerprint density at radius 3 is 2.53 bits per heavy atom. The highest BCUT2D eigenvalue weighted by molar-refractivity contribution is 6.17. The van der Waals surface area contributed by atoms with Gasteiger partial charge in [0.2, 0.25) is 0 Å². The molecule has 1 aromatic rings. The second kappa shape index (κ2) is 10.6. The molecule has 0 radical (unpaired) electrons. The van der Waals surface area contributed by atoms with Gasteiger partial charge >= 0.3 is 0 Å². The molecule has 0 saturated carbocycles. The maximum absolute atomic E-state index is 5.50. The van der Waals surface area contributed by atoms with Crippen molar-refractivity contribution >= 4 is 11.6 Å². The normalized spacial score (nSPS) is 10.6. The van der Waals surface area contributed by atoms with E-state index in [0.29, 0.717) is 12.5 Å². The lowest BCUT2D eigenvalue weighted by Gasteiger charge is -2.05. The predicted octanol–water partition coefficient (Wildman–Crippen LogP) is 2.85. The van der Waals surface area contributed by atoms with Crippen molar-refractivity contribution in [3.05, 3.63) is 35.9 Å². The second-order valence-corrected chi connectivity index (χ2v) is 4.37. The molecule has 0 aromatic heterocycles. The van der Waals surface area contributed by atoms with Crippen LogP contribution in [0.3, 0.4) is 0 Å². The number of halogens is 1. The number of hydrogen-bond acceptors (Lipinski definition) is 2. The minimum atomic E-state index is 0.588. The van der Waals surface area contributed by atoms with Crippen molar-refractivity contribution in [1.82, 2.24) is 5.32 Å². The molecule has 0 amide bonds. The fourth-order valence-electron chi connectivity index (χ4n) is 1.64. The van der Waals surface area contributed by atoms with Gasteiger partial charge in [0, 0.05) is 12.5 Å². The van der Waals surface area contributed by atoms with Gasteiger partial charge in [-0.05, 0) is 37.9 Å². The Morgan fingerprint density at radius 1 is 1.00 bits per heavy atom. The summed E-state index contributed by atoms with van der Waals surface area (Å²) in [5.41, 5.74) is 1.42. The molecule has 1 N–H and O–H groups in total. The highest BCUT2D eigenvalue weighted by Crippen LogP contribution is 2.01. The first-order chi connectivity index (χ1) is 8.43. The molecule has 17 heavy (non-hydrogen) atoms. The zero-order valence-electron chi connectivity index (χ0n) is 10.3. The number of aryl methyl sites for hydroxylation is 1. The van der Waals surface area contributed by atoms with Gasteiger partial charge in [-0.25, -0.2) is 0 Å². The van der Waals surface area contributed by atoms with Crippen molar-refractivity contribution in [2.45, 2.75) is 19.3 Å². The van der Waals surface area contributed by atoms with E-state index in [1.54, 1.807) is 0 Å². The van der Waals surface area contributed by atoms with Crippen molar-refractivity contribution in [1.29, 1.82) is 0 Å². The standard InChI is InChI=1S/C14H22ClNO/c15-9-13-17-12-5-11-16-10-4-8-14-6-2-1-3-7-14/h1-3,6-7,16H,4-5,8-13H2. The molecule has 0 aliphatic heterocycles. The number of hydrogen-bond donors (Lipinski definition) is 1. The average Bonchev–Trinajstić information content (AvgIpc) is 2.38. The molecule has 0 fully saturated rings. The van der Waals surface area contributed by atoms with Crippen molar-refractivity contribution in [3.63, 3.8) is 0 Å². The second-order valence-electron chi connectivity index (χ2n) is 3.99. The Labute approximate surface area is 109 Å². The Kier molecular flexibility index (Phi) is 9.01. The quantitative estimate of drug-likeness (QED) is 0.513. The van der Waals surface area contributed by atoms with Crippen LogP contribution in [0.15, 0.2) is 30.3 Å². The van der Waals surface area contributed by atoms with Gasteiger partial charge in [0.1, 0.15) is 0 Å². The van der Waals surface area contributed by atoms with Crippen molar-refractivity contribution in [2.75, 3.05) is 32.2 Å². The molecular formula is C14H22ClNO. The van der Waals surface area contributed by atoms with Gasteiger partial charge in [-0.1, -0.05) is 30.3 Å². The summed E-state index contributed by atoms with van der Waals surface area (Å²) in [5.74, 6) is 0.588. The van der Waals surface area contributed by atoms with Crippen molar-refractivity contribution in [3.8, 4) is 0 Å². The molecule has 1 rings (SSSR count). The van der Waals surface area contributed by atoms with Crippen LogP contribution in [0.5, 0.6) is 0 Å². The van der Waals surface area contributed by atoms with E-state index < -0.39 is 0 Å². The zero-order valence-corrected chi connectivity index (χ0v) is 11.1. The summed E-state index contributed by atoms with van der Waals surface area (Å²) >= 11 is 5.50. The van der Waals surface area contributed by atoms with Crippen molar-refractivity contribution in [2.24, 2.45) is 0 Å². The van der Waals surface area contributed by atoms with Crippen LogP contribution in [0.4, 0.5) is 0 Å². The molecule has 0 spiro atoms. The van der Waals surface area contributed by atoms with Crippen molar-refractivity contribution < 1.29 is 4.74 Å². The van der Waals surface area contributed by atoms with E-state index >= 15 is 0 Å².